The first kappa shape index (κ1) is 23.8. The van der Waals surface area contributed by atoms with Gasteiger partial charge in [-0.1, -0.05) is 41.7 Å². The van der Waals surface area contributed by atoms with Crippen molar-refractivity contribution in [2.24, 2.45) is 4.99 Å². The van der Waals surface area contributed by atoms with Gasteiger partial charge < -0.3 is 14.2 Å². The fraction of sp³-hybridized carbons (Fsp3) is 0.300. The number of nitro benzene ring substituents is 1. The largest absolute Gasteiger partial charge is 0.493 e. The highest BCUT2D eigenvalue weighted by atomic mass is 32.2. The van der Waals surface area contributed by atoms with Crippen LogP contribution in [0.4, 0.5) is 14.5 Å². The number of carbonyl (C=O) groups is 1. The minimum absolute atomic E-state index is 0.0228. The first-order chi connectivity index (χ1) is 15.4. The average molecular weight is 485 g/mol. The molecule has 2 aromatic carbocycles. The number of carbonyl (C=O) groups excluding carboxylic acids is 1. The van der Waals surface area contributed by atoms with Crippen LogP contribution in [0.2, 0.25) is 0 Å². The molecular formula is C20H18F2N2O6S2. The van der Waals surface area contributed by atoms with Crippen LogP contribution in [0.15, 0.2) is 41.4 Å². The molecule has 0 saturated heterocycles. The second-order valence-electron chi connectivity index (χ2n) is 6.29. The summed E-state index contributed by atoms with van der Waals surface area (Å²) >= 11 is 3.18. The van der Waals surface area contributed by atoms with Gasteiger partial charge in [0.15, 0.2) is 11.5 Å². The lowest BCUT2D eigenvalue weighted by molar-refractivity contribution is -0.386. The molecule has 1 aliphatic heterocycles. The molecule has 0 saturated carbocycles. The summed E-state index contributed by atoms with van der Waals surface area (Å²) in [6.45, 7) is -2.86. The molecule has 0 N–H and O–H groups in total. The lowest BCUT2D eigenvalue weighted by atomic mass is 10.1. The van der Waals surface area contributed by atoms with E-state index >= 15 is 0 Å². The van der Waals surface area contributed by atoms with Gasteiger partial charge in [0.1, 0.15) is 11.0 Å². The number of benzene rings is 2. The van der Waals surface area contributed by atoms with Gasteiger partial charge in [0, 0.05) is 11.5 Å². The summed E-state index contributed by atoms with van der Waals surface area (Å²) in [5, 5.41) is 11.4. The van der Waals surface area contributed by atoms with Crippen LogP contribution in [0.3, 0.4) is 0 Å². The highest BCUT2D eigenvalue weighted by Crippen LogP contribution is 2.36. The summed E-state index contributed by atoms with van der Waals surface area (Å²) in [5.41, 5.74) is 0.515. The summed E-state index contributed by atoms with van der Waals surface area (Å²) < 4.78 is 40.7. The quantitative estimate of drug-likeness (QED) is 0.282. The normalized spacial score (nSPS) is 13.1. The average Bonchev–Trinajstić information content (AvgIpc) is 3.29. The van der Waals surface area contributed by atoms with Gasteiger partial charge in [0.25, 0.3) is 5.69 Å². The minimum atomic E-state index is -3.19. The molecule has 12 heteroatoms. The number of methoxy groups -OCH3 is 1. The third kappa shape index (κ3) is 6.10. The fourth-order valence-electron chi connectivity index (χ4n) is 2.83. The highest BCUT2D eigenvalue weighted by molar-refractivity contribution is 8.38. The molecule has 0 amide bonds. The van der Waals surface area contributed by atoms with Crippen molar-refractivity contribution in [1.82, 2.24) is 0 Å². The zero-order valence-corrected chi connectivity index (χ0v) is 18.4. The molecule has 0 bridgehead atoms. The summed E-state index contributed by atoms with van der Waals surface area (Å²) in [6, 6.07) is 8.85. The summed E-state index contributed by atoms with van der Waals surface area (Å²) in [5.74, 6) is 0.163. The van der Waals surface area contributed by atoms with Crippen molar-refractivity contribution in [1.29, 1.82) is 0 Å². The molecule has 1 aliphatic rings. The number of aliphatic imine (C=N–C) groups is 1. The molecule has 0 unspecified atom stereocenters. The van der Waals surface area contributed by atoms with E-state index in [2.05, 4.69) is 9.73 Å². The summed E-state index contributed by atoms with van der Waals surface area (Å²) in [6.07, 6.45) is 0. The zero-order valence-electron chi connectivity index (χ0n) is 16.8. The van der Waals surface area contributed by atoms with E-state index in [4.69, 9.17) is 9.47 Å². The van der Waals surface area contributed by atoms with Crippen molar-refractivity contribution in [3.63, 3.8) is 0 Å². The van der Waals surface area contributed by atoms with Gasteiger partial charge in [-0.25, -0.2) is 4.79 Å². The van der Waals surface area contributed by atoms with Crippen molar-refractivity contribution in [2.75, 3.05) is 19.4 Å². The fourth-order valence-corrected chi connectivity index (χ4v) is 4.85. The minimum Gasteiger partial charge on any atom is -0.493 e. The lowest BCUT2D eigenvalue weighted by Crippen LogP contribution is -2.10. The SMILES string of the molecule is COc1cc(COC(=O)c2ccccc2CSC2=NCCS2)c([N+](=O)[O-])cc1OC(F)F. The van der Waals surface area contributed by atoms with E-state index in [-0.39, 0.29) is 11.3 Å². The topological polar surface area (TPSA) is 100 Å². The number of ether oxygens (including phenoxy) is 3. The van der Waals surface area contributed by atoms with E-state index in [1.54, 1.807) is 36.0 Å². The summed E-state index contributed by atoms with van der Waals surface area (Å²) in [7, 11) is 1.20. The Morgan fingerprint density at radius 3 is 2.72 bits per heavy atom. The van der Waals surface area contributed by atoms with Crippen molar-refractivity contribution in [3.05, 3.63) is 63.2 Å². The smallest absolute Gasteiger partial charge is 0.387 e. The van der Waals surface area contributed by atoms with E-state index in [1.165, 1.54) is 18.9 Å². The van der Waals surface area contributed by atoms with E-state index < -0.39 is 35.5 Å². The van der Waals surface area contributed by atoms with Gasteiger partial charge in [-0.2, -0.15) is 8.78 Å². The predicted molar refractivity (Wildman–Crippen MR) is 118 cm³/mol. The second kappa shape index (κ2) is 11.1. The number of nitrogens with zero attached hydrogens (tertiary/aromatic N) is 2. The van der Waals surface area contributed by atoms with Gasteiger partial charge in [-0.15, -0.1) is 0 Å². The molecule has 8 nitrogen and oxygen atoms in total. The Hall–Kier alpha value is -2.86. The van der Waals surface area contributed by atoms with Gasteiger partial charge in [-0.3, -0.25) is 15.1 Å². The molecule has 0 atom stereocenters. The second-order valence-corrected chi connectivity index (χ2v) is 8.59. The van der Waals surface area contributed by atoms with Gasteiger partial charge in [0.2, 0.25) is 0 Å². The van der Waals surface area contributed by atoms with Crippen LogP contribution in [0, 0.1) is 10.1 Å². The predicted octanol–water partition coefficient (Wildman–Crippen LogP) is 4.90. The number of nitro groups is 1. The van der Waals surface area contributed by atoms with E-state index in [9.17, 15) is 23.7 Å². The molecule has 0 radical (unpaired) electrons. The maximum atomic E-state index is 12.7. The molecule has 0 aliphatic carbocycles. The molecule has 0 fully saturated rings. The Bertz CT molecular complexity index is 1040. The molecule has 0 spiro atoms. The first-order valence-electron chi connectivity index (χ1n) is 9.24. The third-order valence-electron chi connectivity index (χ3n) is 4.28. The van der Waals surface area contributed by atoms with Crippen LogP contribution in [-0.4, -0.2) is 41.3 Å². The number of hydrogen-bond donors (Lipinski definition) is 0. The Labute approximate surface area is 190 Å². The molecule has 0 aromatic heterocycles. The maximum absolute atomic E-state index is 12.7. The van der Waals surface area contributed by atoms with Crippen LogP contribution in [0.5, 0.6) is 11.5 Å². The number of thioether (sulfide) groups is 2. The van der Waals surface area contributed by atoms with E-state index in [0.717, 1.165) is 34.4 Å². The molecule has 3 rings (SSSR count). The molecule has 170 valence electrons. The highest BCUT2D eigenvalue weighted by Gasteiger charge is 2.23. The number of esters is 1. The Morgan fingerprint density at radius 1 is 1.28 bits per heavy atom. The van der Waals surface area contributed by atoms with Crippen molar-refractivity contribution >= 4 is 39.6 Å². The molecule has 2 aromatic rings. The Kier molecular flexibility index (Phi) is 8.28. The molecular weight excluding hydrogens is 466 g/mol. The van der Waals surface area contributed by atoms with E-state index in [0.29, 0.717) is 11.3 Å². The number of rotatable bonds is 9. The van der Waals surface area contributed by atoms with Crippen molar-refractivity contribution in [2.45, 2.75) is 19.0 Å². The van der Waals surface area contributed by atoms with Gasteiger partial charge in [0.05, 0.1) is 35.8 Å². The van der Waals surface area contributed by atoms with Crippen molar-refractivity contribution < 1.29 is 32.7 Å². The van der Waals surface area contributed by atoms with Crippen LogP contribution in [0.25, 0.3) is 0 Å². The maximum Gasteiger partial charge on any atom is 0.387 e. The molecule has 32 heavy (non-hydrogen) atoms. The van der Waals surface area contributed by atoms with Crippen LogP contribution < -0.4 is 9.47 Å². The zero-order chi connectivity index (χ0) is 23.1. The number of hydrogen-bond acceptors (Lipinski definition) is 9. The lowest BCUT2D eigenvalue weighted by Gasteiger charge is -2.13. The van der Waals surface area contributed by atoms with Crippen LogP contribution in [-0.2, 0) is 17.1 Å². The van der Waals surface area contributed by atoms with Crippen molar-refractivity contribution in [3.8, 4) is 11.5 Å². The van der Waals surface area contributed by atoms with Crippen LogP contribution in [0.1, 0.15) is 21.5 Å². The Morgan fingerprint density at radius 2 is 2.06 bits per heavy atom. The van der Waals surface area contributed by atoms with Gasteiger partial charge >= 0.3 is 12.6 Å². The first-order valence-corrected chi connectivity index (χ1v) is 11.2. The number of halogens is 2. The molecule has 1 heterocycles. The van der Waals surface area contributed by atoms with Gasteiger partial charge in [-0.05, 0) is 17.7 Å². The summed E-state index contributed by atoms with van der Waals surface area (Å²) in [4.78, 5) is 27.7. The van der Waals surface area contributed by atoms with Crippen LogP contribution >= 0.6 is 23.5 Å². The standard InChI is InChI=1S/C20H18F2N2O6S2/c1-28-16-8-13(15(24(26)27)9-17(16)30-19(21)22)10-29-18(25)14-5-3-2-4-12(14)11-32-20-23-6-7-31-20/h2-5,8-9,19H,6-7,10-11H2,1H3. The number of alkyl halides is 2. The Balaban J connectivity index is 1.76. The monoisotopic (exact) mass is 484 g/mol. The van der Waals surface area contributed by atoms with E-state index in [1.807, 2.05) is 0 Å². The third-order valence-corrected chi connectivity index (χ3v) is 6.58.